The van der Waals surface area contributed by atoms with E-state index in [-0.39, 0.29) is 16.2 Å². The fourth-order valence-corrected chi connectivity index (χ4v) is 4.86. The van der Waals surface area contributed by atoms with Crippen LogP contribution in [0, 0.1) is 0 Å². The molecule has 1 unspecified atom stereocenters. The standard InChI is InChI=1S/C19H21NO5S2/c1-24-16-6-4-5-15(18(16)25-2)19-20(17(21)12-26-19)11-13-7-9-14(10-8-13)27(3,22)23/h4-10,19H,11-12H2,1-3H3. The second-order valence-electron chi connectivity index (χ2n) is 6.18. The number of ether oxygens (including phenoxy) is 2. The van der Waals surface area contributed by atoms with Crippen molar-refractivity contribution in [1.29, 1.82) is 0 Å². The lowest BCUT2D eigenvalue weighted by Gasteiger charge is -2.26. The van der Waals surface area contributed by atoms with E-state index in [1.165, 1.54) is 18.0 Å². The number of hydrogen-bond acceptors (Lipinski definition) is 6. The maximum Gasteiger partial charge on any atom is 0.234 e. The highest BCUT2D eigenvalue weighted by atomic mass is 32.2. The fourth-order valence-electron chi connectivity index (χ4n) is 3.03. The van der Waals surface area contributed by atoms with Crippen LogP contribution in [-0.2, 0) is 21.2 Å². The molecule has 0 N–H and O–H groups in total. The van der Waals surface area contributed by atoms with Gasteiger partial charge in [-0.15, -0.1) is 11.8 Å². The van der Waals surface area contributed by atoms with Crippen LogP contribution < -0.4 is 9.47 Å². The summed E-state index contributed by atoms with van der Waals surface area (Å²) in [7, 11) is -0.0837. The third-order valence-electron chi connectivity index (χ3n) is 4.37. The molecule has 1 aliphatic heterocycles. The van der Waals surface area contributed by atoms with Crippen molar-refractivity contribution in [2.45, 2.75) is 16.8 Å². The lowest BCUT2D eigenvalue weighted by Crippen LogP contribution is -2.28. The number of para-hydroxylation sites is 1. The van der Waals surface area contributed by atoms with Gasteiger partial charge < -0.3 is 14.4 Å². The summed E-state index contributed by atoms with van der Waals surface area (Å²) in [6.45, 7) is 0.390. The van der Waals surface area contributed by atoms with Crippen molar-refractivity contribution < 1.29 is 22.7 Å². The van der Waals surface area contributed by atoms with Crippen molar-refractivity contribution in [3.63, 3.8) is 0 Å². The molecule has 1 amide bonds. The van der Waals surface area contributed by atoms with Gasteiger partial charge in [-0.3, -0.25) is 4.79 Å². The van der Waals surface area contributed by atoms with Crippen LogP contribution in [0.2, 0.25) is 0 Å². The molecule has 6 nitrogen and oxygen atoms in total. The zero-order chi connectivity index (χ0) is 19.6. The number of thioether (sulfide) groups is 1. The van der Waals surface area contributed by atoms with E-state index in [0.29, 0.717) is 23.8 Å². The minimum absolute atomic E-state index is 0.0297. The van der Waals surface area contributed by atoms with Gasteiger partial charge in [0.1, 0.15) is 5.37 Å². The van der Waals surface area contributed by atoms with Crippen LogP contribution in [0.1, 0.15) is 16.5 Å². The normalized spacial score (nSPS) is 17.2. The number of hydrogen-bond donors (Lipinski definition) is 0. The van der Waals surface area contributed by atoms with Gasteiger partial charge in [0.05, 0.1) is 24.9 Å². The Morgan fingerprint density at radius 3 is 2.41 bits per heavy atom. The van der Waals surface area contributed by atoms with Crippen LogP contribution >= 0.6 is 11.8 Å². The average molecular weight is 408 g/mol. The maximum atomic E-state index is 12.5. The van der Waals surface area contributed by atoms with E-state index < -0.39 is 9.84 Å². The third-order valence-corrected chi connectivity index (χ3v) is 6.74. The van der Waals surface area contributed by atoms with Gasteiger partial charge in [-0.1, -0.05) is 24.3 Å². The zero-order valence-corrected chi connectivity index (χ0v) is 17.0. The second kappa shape index (κ2) is 7.82. The van der Waals surface area contributed by atoms with Gasteiger partial charge in [-0.25, -0.2) is 8.42 Å². The van der Waals surface area contributed by atoms with Gasteiger partial charge in [0, 0.05) is 18.4 Å². The molecule has 0 saturated carbocycles. The summed E-state index contributed by atoms with van der Waals surface area (Å²) in [6, 6.07) is 12.2. The highest BCUT2D eigenvalue weighted by molar-refractivity contribution is 8.00. The SMILES string of the molecule is COc1cccc(C2SCC(=O)N2Cc2ccc(S(C)(=O)=O)cc2)c1OC. The van der Waals surface area contributed by atoms with Crippen molar-refractivity contribution in [2.24, 2.45) is 0 Å². The lowest BCUT2D eigenvalue weighted by atomic mass is 10.1. The molecule has 1 atom stereocenters. The largest absolute Gasteiger partial charge is 0.493 e. The van der Waals surface area contributed by atoms with E-state index in [1.807, 2.05) is 18.2 Å². The Bertz CT molecular complexity index is 941. The van der Waals surface area contributed by atoms with Gasteiger partial charge in [0.25, 0.3) is 0 Å². The molecule has 0 aliphatic carbocycles. The Balaban J connectivity index is 1.90. The topological polar surface area (TPSA) is 72.9 Å². The molecule has 0 aromatic heterocycles. The quantitative estimate of drug-likeness (QED) is 0.733. The summed E-state index contributed by atoms with van der Waals surface area (Å²) in [5.41, 5.74) is 1.74. The minimum atomic E-state index is -3.24. The molecule has 1 aliphatic rings. The number of methoxy groups -OCH3 is 2. The Labute approximate surface area is 163 Å². The van der Waals surface area contributed by atoms with Gasteiger partial charge in [-0.05, 0) is 23.8 Å². The van der Waals surface area contributed by atoms with Gasteiger partial charge >= 0.3 is 0 Å². The number of rotatable bonds is 6. The van der Waals surface area contributed by atoms with E-state index in [4.69, 9.17) is 9.47 Å². The van der Waals surface area contributed by atoms with E-state index in [9.17, 15) is 13.2 Å². The van der Waals surface area contributed by atoms with Gasteiger partial charge in [0.2, 0.25) is 5.91 Å². The summed E-state index contributed by atoms with van der Waals surface area (Å²) in [4.78, 5) is 14.5. The van der Waals surface area contributed by atoms with Crippen LogP contribution in [-0.4, -0.2) is 45.5 Å². The molecule has 1 heterocycles. The van der Waals surface area contributed by atoms with Crippen LogP contribution in [0.3, 0.4) is 0 Å². The molecule has 2 aromatic rings. The van der Waals surface area contributed by atoms with Gasteiger partial charge in [0.15, 0.2) is 21.3 Å². The Morgan fingerprint density at radius 1 is 1.11 bits per heavy atom. The molecule has 0 radical (unpaired) electrons. The molecular weight excluding hydrogens is 386 g/mol. The third kappa shape index (κ3) is 4.06. The lowest BCUT2D eigenvalue weighted by molar-refractivity contribution is -0.128. The van der Waals surface area contributed by atoms with Gasteiger partial charge in [-0.2, -0.15) is 0 Å². The summed E-state index contributed by atoms with van der Waals surface area (Å²) in [5, 5.41) is -0.197. The highest BCUT2D eigenvalue weighted by Crippen LogP contribution is 2.46. The summed E-state index contributed by atoms with van der Waals surface area (Å²) < 4.78 is 34.1. The number of carbonyl (C=O) groups is 1. The fraction of sp³-hybridized carbons (Fsp3) is 0.316. The van der Waals surface area contributed by atoms with E-state index in [1.54, 1.807) is 43.4 Å². The predicted molar refractivity (Wildman–Crippen MR) is 105 cm³/mol. The first kappa shape index (κ1) is 19.6. The first-order chi connectivity index (χ1) is 12.8. The van der Waals surface area contributed by atoms with Crippen LogP contribution in [0.5, 0.6) is 11.5 Å². The number of nitrogens with zero attached hydrogens (tertiary/aromatic N) is 1. The molecular formula is C19H21NO5S2. The van der Waals surface area contributed by atoms with Crippen LogP contribution in [0.4, 0.5) is 0 Å². The first-order valence-electron chi connectivity index (χ1n) is 8.26. The van der Waals surface area contributed by atoms with Crippen molar-refractivity contribution in [3.8, 4) is 11.5 Å². The zero-order valence-electron chi connectivity index (χ0n) is 15.3. The summed E-state index contributed by atoms with van der Waals surface area (Å²) in [6.07, 6.45) is 1.17. The summed E-state index contributed by atoms with van der Waals surface area (Å²) in [5.74, 6) is 1.64. The molecule has 27 heavy (non-hydrogen) atoms. The molecule has 1 fully saturated rings. The minimum Gasteiger partial charge on any atom is -0.493 e. The van der Waals surface area contributed by atoms with Crippen molar-refractivity contribution in [2.75, 3.05) is 26.2 Å². The molecule has 2 aromatic carbocycles. The van der Waals surface area contributed by atoms with Crippen LogP contribution in [0.25, 0.3) is 0 Å². The predicted octanol–water partition coefficient (Wildman–Crippen LogP) is 2.88. The number of amides is 1. The average Bonchev–Trinajstić information content (AvgIpc) is 3.01. The van der Waals surface area contributed by atoms with Crippen LogP contribution in [0.15, 0.2) is 47.4 Å². The monoisotopic (exact) mass is 407 g/mol. The molecule has 8 heteroatoms. The van der Waals surface area contributed by atoms with E-state index in [0.717, 1.165) is 11.1 Å². The Hall–Kier alpha value is -2.19. The highest BCUT2D eigenvalue weighted by Gasteiger charge is 2.35. The summed E-state index contributed by atoms with van der Waals surface area (Å²) >= 11 is 1.53. The molecule has 144 valence electrons. The Kier molecular flexibility index (Phi) is 5.67. The first-order valence-corrected chi connectivity index (χ1v) is 11.2. The second-order valence-corrected chi connectivity index (χ2v) is 9.27. The van der Waals surface area contributed by atoms with E-state index in [2.05, 4.69) is 0 Å². The van der Waals surface area contributed by atoms with E-state index >= 15 is 0 Å². The van der Waals surface area contributed by atoms with Crippen molar-refractivity contribution in [3.05, 3.63) is 53.6 Å². The molecule has 0 spiro atoms. The smallest absolute Gasteiger partial charge is 0.234 e. The van der Waals surface area contributed by atoms with Crippen molar-refractivity contribution >= 4 is 27.5 Å². The van der Waals surface area contributed by atoms with Crippen molar-refractivity contribution in [1.82, 2.24) is 4.90 Å². The number of sulfone groups is 1. The number of carbonyl (C=O) groups excluding carboxylic acids is 1. The maximum absolute atomic E-state index is 12.5. The Morgan fingerprint density at radius 2 is 1.81 bits per heavy atom. The number of benzene rings is 2. The molecule has 1 saturated heterocycles. The molecule has 3 rings (SSSR count). The molecule has 0 bridgehead atoms.